The average Bonchev–Trinajstić information content (AvgIpc) is 2.72. The Bertz CT molecular complexity index is 966. The molecular weight excluding hydrogens is 358 g/mol. The first-order valence-corrected chi connectivity index (χ1v) is 8.59. The van der Waals surface area contributed by atoms with Crippen molar-refractivity contribution in [2.75, 3.05) is 0 Å². The Balaban J connectivity index is 2.05. The summed E-state index contributed by atoms with van der Waals surface area (Å²) >= 11 is 0. The number of primary amides is 1. The highest BCUT2D eigenvalue weighted by Crippen LogP contribution is 2.29. The van der Waals surface area contributed by atoms with Crippen LogP contribution in [-0.2, 0) is 23.3 Å². The molecule has 0 radical (unpaired) electrons. The molecule has 0 saturated heterocycles. The molecule has 1 aromatic carbocycles. The van der Waals surface area contributed by atoms with Crippen LogP contribution in [0.2, 0.25) is 0 Å². The maximum absolute atomic E-state index is 12.7. The Morgan fingerprint density at radius 2 is 1.86 bits per heavy atom. The van der Waals surface area contributed by atoms with Crippen molar-refractivity contribution < 1.29 is 9.72 Å². The topological polar surface area (TPSA) is 124 Å². The van der Waals surface area contributed by atoms with Crippen molar-refractivity contribution >= 4 is 11.6 Å². The van der Waals surface area contributed by atoms with E-state index in [-0.39, 0.29) is 12.1 Å². The number of nitrogens with two attached hydrogens (primary N) is 1. The Morgan fingerprint density at radius 1 is 1.07 bits per heavy atom. The van der Waals surface area contributed by atoms with Gasteiger partial charge in [-0.2, -0.15) is 0 Å². The lowest BCUT2D eigenvalue weighted by atomic mass is 9.82. The van der Waals surface area contributed by atoms with Crippen molar-refractivity contribution in [3.63, 3.8) is 0 Å². The Kier molecular flexibility index (Phi) is 5.71. The number of non-ortho nitro benzene ring substituents is 1. The molecule has 28 heavy (non-hydrogen) atoms. The molecule has 3 rings (SSSR count). The Morgan fingerprint density at radius 3 is 2.50 bits per heavy atom. The number of nitro groups is 1. The van der Waals surface area contributed by atoms with E-state index in [9.17, 15) is 14.9 Å². The van der Waals surface area contributed by atoms with E-state index in [4.69, 9.17) is 5.73 Å². The fraction of sp³-hybridized carbons (Fsp3) is 0.150. The van der Waals surface area contributed by atoms with Crippen LogP contribution in [0.3, 0.4) is 0 Å². The summed E-state index contributed by atoms with van der Waals surface area (Å²) in [5.41, 5.74) is 6.47. The van der Waals surface area contributed by atoms with Gasteiger partial charge in [0.25, 0.3) is 5.69 Å². The molecule has 8 nitrogen and oxygen atoms in total. The van der Waals surface area contributed by atoms with Crippen LogP contribution in [0.4, 0.5) is 5.69 Å². The quantitative estimate of drug-likeness (QED) is 0.458. The van der Waals surface area contributed by atoms with Crippen molar-refractivity contribution in [1.82, 2.24) is 15.3 Å². The number of carbonyl (C=O) groups is 1. The highest BCUT2D eigenvalue weighted by molar-refractivity contribution is 5.87. The van der Waals surface area contributed by atoms with Gasteiger partial charge in [0, 0.05) is 49.9 Å². The summed E-state index contributed by atoms with van der Waals surface area (Å²) in [6.45, 7) is 0.328. The minimum atomic E-state index is -1.35. The summed E-state index contributed by atoms with van der Waals surface area (Å²) in [4.78, 5) is 31.5. The molecule has 0 spiro atoms. The van der Waals surface area contributed by atoms with Crippen molar-refractivity contribution in [2.45, 2.75) is 18.5 Å². The zero-order valence-electron chi connectivity index (χ0n) is 15.0. The van der Waals surface area contributed by atoms with Gasteiger partial charge in [0.05, 0.1) is 4.92 Å². The van der Waals surface area contributed by atoms with Crippen LogP contribution in [0.5, 0.6) is 0 Å². The lowest BCUT2D eigenvalue weighted by Crippen LogP contribution is -2.54. The van der Waals surface area contributed by atoms with Crippen LogP contribution in [0.25, 0.3) is 0 Å². The molecule has 0 aliphatic rings. The van der Waals surface area contributed by atoms with E-state index in [1.807, 2.05) is 18.2 Å². The number of pyridine rings is 2. The fourth-order valence-electron chi connectivity index (χ4n) is 3.03. The number of benzene rings is 1. The normalized spacial score (nSPS) is 12.9. The second-order valence-electron chi connectivity index (χ2n) is 6.32. The number of amides is 1. The first-order chi connectivity index (χ1) is 13.5. The monoisotopic (exact) mass is 377 g/mol. The van der Waals surface area contributed by atoms with Gasteiger partial charge in [0.1, 0.15) is 5.54 Å². The van der Waals surface area contributed by atoms with Gasteiger partial charge >= 0.3 is 0 Å². The summed E-state index contributed by atoms with van der Waals surface area (Å²) < 4.78 is 0. The summed E-state index contributed by atoms with van der Waals surface area (Å²) in [6.07, 6.45) is 6.77. The number of hydrogen-bond donors (Lipinski definition) is 2. The fourth-order valence-corrected chi connectivity index (χ4v) is 3.03. The van der Waals surface area contributed by atoms with Crippen LogP contribution in [0.1, 0.15) is 16.7 Å². The highest BCUT2D eigenvalue weighted by Gasteiger charge is 2.39. The van der Waals surface area contributed by atoms with E-state index in [0.29, 0.717) is 12.1 Å². The molecule has 2 aromatic heterocycles. The van der Waals surface area contributed by atoms with Gasteiger partial charge in [0.15, 0.2) is 0 Å². The van der Waals surface area contributed by atoms with Gasteiger partial charge in [-0.25, -0.2) is 0 Å². The predicted molar refractivity (Wildman–Crippen MR) is 103 cm³/mol. The third-order valence-electron chi connectivity index (χ3n) is 4.51. The summed E-state index contributed by atoms with van der Waals surface area (Å²) in [5, 5.41) is 14.5. The molecule has 3 aromatic rings. The first kappa shape index (κ1) is 19.1. The van der Waals surface area contributed by atoms with E-state index < -0.39 is 16.4 Å². The van der Waals surface area contributed by atoms with Crippen LogP contribution in [0, 0.1) is 10.1 Å². The highest BCUT2D eigenvalue weighted by atomic mass is 16.6. The maximum Gasteiger partial charge on any atom is 0.269 e. The van der Waals surface area contributed by atoms with Crippen molar-refractivity contribution in [1.29, 1.82) is 0 Å². The average molecular weight is 377 g/mol. The zero-order chi connectivity index (χ0) is 20.0. The zero-order valence-corrected chi connectivity index (χ0v) is 15.0. The Hall–Kier alpha value is -3.65. The molecule has 1 unspecified atom stereocenters. The summed E-state index contributed by atoms with van der Waals surface area (Å²) in [5.74, 6) is -0.633. The maximum atomic E-state index is 12.7. The molecule has 8 heteroatoms. The van der Waals surface area contributed by atoms with E-state index >= 15 is 0 Å². The smallest absolute Gasteiger partial charge is 0.269 e. The summed E-state index contributed by atoms with van der Waals surface area (Å²) in [6, 6.07) is 13.2. The van der Waals surface area contributed by atoms with Crippen molar-refractivity contribution in [3.8, 4) is 0 Å². The van der Waals surface area contributed by atoms with Crippen molar-refractivity contribution in [3.05, 3.63) is 100 Å². The van der Waals surface area contributed by atoms with Crippen LogP contribution >= 0.6 is 0 Å². The molecule has 1 atom stereocenters. The van der Waals surface area contributed by atoms with Gasteiger partial charge in [-0.3, -0.25) is 30.2 Å². The number of nitrogens with one attached hydrogen (secondary N) is 1. The molecule has 3 N–H and O–H groups in total. The largest absolute Gasteiger partial charge is 0.368 e. The van der Waals surface area contributed by atoms with E-state index in [1.165, 1.54) is 12.1 Å². The molecule has 0 bridgehead atoms. The second kappa shape index (κ2) is 8.36. The lowest BCUT2D eigenvalue weighted by molar-refractivity contribution is -0.385. The number of rotatable bonds is 8. The van der Waals surface area contributed by atoms with E-state index in [1.54, 1.807) is 43.0 Å². The first-order valence-electron chi connectivity index (χ1n) is 8.59. The second-order valence-corrected chi connectivity index (χ2v) is 6.32. The SMILES string of the molecule is NC(=O)C(Cc1cccnc1)(NCc1ccncc1)c1cccc([N+](=O)[O-])c1. The Labute approximate surface area is 161 Å². The minimum Gasteiger partial charge on any atom is -0.368 e. The van der Waals surface area contributed by atoms with E-state index in [2.05, 4.69) is 15.3 Å². The molecule has 0 saturated carbocycles. The van der Waals surface area contributed by atoms with Crippen LogP contribution < -0.4 is 11.1 Å². The van der Waals surface area contributed by atoms with Gasteiger partial charge in [-0.1, -0.05) is 18.2 Å². The minimum absolute atomic E-state index is 0.111. The number of carbonyl (C=O) groups excluding carboxylic acids is 1. The van der Waals surface area contributed by atoms with Crippen LogP contribution in [-0.4, -0.2) is 20.8 Å². The third kappa shape index (κ3) is 4.18. The number of aromatic nitrogens is 2. The molecule has 0 fully saturated rings. The predicted octanol–water partition coefficient (Wildman–Crippen LogP) is 2.10. The standard InChI is InChI=1S/C20H19N5O3/c21-19(26)20(12-16-3-2-8-23-13-16,24-14-15-6-9-22-10-7-15)17-4-1-5-18(11-17)25(27)28/h1-11,13,24H,12,14H2,(H2,21,26). The van der Waals surface area contributed by atoms with Crippen molar-refractivity contribution in [2.24, 2.45) is 5.73 Å². The number of hydrogen-bond acceptors (Lipinski definition) is 6. The molecule has 0 aliphatic carbocycles. The van der Waals surface area contributed by atoms with E-state index in [0.717, 1.165) is 11.1 Å². The molecule has 142 valence electrons. The summed E-state index contributed by atoms with van der Waals surface area (Å²) in [7, 11) is 0. The number of nitro benzene ring substituents is 1. The van der Waals surface area contributed by atoms with Crippen LogP contribution in [0.15, 0.2) is 73.3 Å². The lowest BCUT2D eigenvalue weighted by Gasteiger charge is -2.32. The molecule has 1 amide bonds. The molecule has 0 aliphatic heterocycles. The number of nitrogens with zero attached hydrogens (tertiary/aromatic N) is 3. The molecule has 2 heterocycles. The van der Waals surface area contributed by atoms with Gasteiger partial charge < -0.3 is 5.73 Å². The third-order valence-corrected chi connectivity index (χ3v) is 4.51. The van der Waals surface area contributed by atoms with Gasteiger partial charge in [0.2, 0.25) is 5.91 Å². The van der Waals surface area contributed by atoms with Gasteiger partial charge in [-0.05, 0) is 34.9 Å². The van der Waals surface area contributed by atoms with Gasteiger partial charge in [-0.15, -0.1) is 0 Å². The molecular formula is C20H19N5O3.